The van der Waals surface area contributed by atoms with Crippen molar-refractivity contribution in [2.75, 3.05) is 0 Å². The van der Waals surface area contributed by atoms with Crippen molar-refractivity contribution in [1.82, 2.24) is 9.78 Å². The lowest BCUT2D eigenvalue weighted by atomic mass is 9.93. The normalized spacial score (nSPS) is 14.9. The van der Waals surface area contributed by atoms with Crippen LogP contribution in [0.25, 0.3) is 0 Å². The lowest BCUT2D eigenvalue weighted by Gasteiger charge is -2.19. The van der Waals surface area contributed by atoms with Crippen LogP contribution < -0.4 is 0 Å². The molecule has 1 atom stereocenters. The van der Waals surface area contributed by atoms with Gasteiger partial charge in [0.05, 0.1) is 18.7 Å². The molecule has 4 nitrogen and oxygen atoms in total. The summed E-state index contributed by atoms with van der Waals surface area (Å²) in [5.41, 5.74) is 0.477. The highest BCUT2D eigenvalue weighted by Crippen LogP contribution is 2.28. The number of aryl methyl sites for hydroxylation is 1. The first-order chi connectivity index (χ1) is 7.64. The summed E-state index contributed by atoms with van der Waals surface area (Å²) in [5.74, 6) is 0. The highest BCUT2D eigenvalue weighted by molar-refractivity contribution is 5.29. The molecule has 2 aromatic heterocycles. The molecular formula is C12H16N2O2. The molecule has 0 bridgehead atoms. The minimum Gasteiger partial charge on any atom is -0.472 e. The summed E-state index contributed by atoms with van der Waals surface area (Å²) >= 11 is 0. The van der Waals surface area contributed by atoms with E-state index in [2.05, 4.69) is 12.0 Å². The molecule has 4 heteroatoms. The molecule has 0 amide bonds. The molecule has 0 radical (unpaired) electrons. The zero-order chi connectivity index (χ0) is 11.6. The van der Waals surface area contributed by atoms with E-state index in [1.807, 2.05) is 10.9 Å². The maximum Gasteiger partial charge on any atom is 0.118 e. The summed E-state index contributed by atoms with van der Waals surface area (Å²) in [5, 5.41) is 14.6. The average Bonchev–Trinajstić information content (AvgIpc) is 2.88. The van der Waals surface area contributed by atoms with Crippen LogP contribution in [0, 0.1) is 0 Å². The molecule has 0 spiro atoms. The first kappa shape index (κ1) is 11.0. The van der Waals surface area contributed by atoms with E-state index >= 15 is 0 Å². The Hall–Kier alpha value is -1.55. The Balaban J connectivity index is 2.28. The Labute approximate surface area is 94.5 Å². The molecule has 0 saturated carbocycles. The quantitative estimate of drug-likeness (QED) is 0.858. The molecule has 0 saturated heterocycles. The van der Waals surface area contributed by atoms with E-state index in [1.165, 1.54) is 0 Å². The summed E-state index contributed by atoms with van der Waals surface area (Å²) < 4.78 is 6.83. The summed E-state index contributed by atoms with van der Waals surface area (Å²) in [6, 6.07) is 1.76. The van der Waals surface area contributed by atoms with Crippen LogP contribution in [0.15, 0.2) is 35.4 Å². The molecule has 1 unspecified atom stereocenters. The average molecular weight is 220 g/mol. The Morgan fingerprint density at radius 2 is 2.31 bits per heavy atom. The van der Waals surface area contributed by atoms with Crippen LogP contribution in [0.1, 0.15) is 31.4 Å². The zero-order valence-corrected chi connectivity index (χ0v) is 9.55. The van der Waals surface area contributed by atoms with Gasteiger partial charge in [-0.2, -0.15) is 5.10 Å². The minimum absolute atomic E-state index is 0.739. The predicted molar refractivity (Wildman–Crippen MR) is 59.9 cm³/mol. The van der Waals surface area contributed by atoms with E-state index in [1.54, 1.807) is 31.7 Å². The predicted octanol–water partition coefficient (Wildman–Crippen LogP) is 2.14. The van der Waals surface area contributed by atoms with E-state index in [0.29, 0.717) is 0 Å². The van der Waals surface area contributed by atoms with Crippen LogP contribution in [0.4, 0.5) is 0 Å². The van der Waals surface area contributed by atoms with E-state index in [0.717, 1.165) is 24.1 Å². The zero-order valence-electron chi connectivity index (χ0n) is 9.55. The van der Waals surface area contributed by atoms with Crippen molar-refractivity contribution >= 4 is 0 Å². The summed E-state index contributed by atoms with van der Waals surface area (Å²) in [6.45, 7) is 4.70. The van der Waals surface area contributed by atoms with Crippen molar-refractivity contribution in [1.29, 1.82) is 0 Å². The molecule has 0 aromatic carbocycles. The van der Waals surface area contributed by atoms with Gasteiger partial charge >= 0.3 is 0 Å². The van der Waals surface area contributed by atoms with Crippen LogP contribution in [0.2, 0.25) is 0 Å². The number of furan rings is 1. The van der Waals surface area contributed by atoms with Crippen LogP contribution in [0.3, 0.4) is 0 Å². The molecule has 2 aromatic rings. The number of aromatic nitrogens is 2. The van der Waals surface area contributed by atoms with Gasteiger partial charge < -0.3 is 9.52 Å². The van der Waals surface area contributed by atoms with Gasteiger partial charge in [-0.25, -0.2) is 0 Å². The maximum absolute atomic E-state index is 10.4. The highest BCUT2D eigenvalue weighted by Gasteiger charge is 2.28. The van der Waals surface area contributed by atoms with E-state index < -0.39 is 5.60 Å². The van der Waals surface area contributed by atoms with Crippen LogP contribution in [0.5, 0.6) is 0 Å². The number of aliphatic hydroxyl groups is 1. The Bertz CT molecular complexity index is 443. The maximum atomic E-state index is 10.4. The third kappa shape index (κ3) is 1.88. The lowest BCUT2D eigenvalue weighted by Crippen LogP contribution is -2.21. The fraction of sp³-hybridized carbons (Fsp3) is 0.417. The smallest absolute Gasteiger partial charge is 0.118 e. The first-order valence-electron chi connectivity index (χ1n) is 5.42. The standard InChI is InChI=1S/C12H16N2O2/c1-3-5-14-8-11(7-13-14)12(2,15)10-4-6-16-9-10/h4,6-9,15H,3,5H2,1-2H3. The molecular weight excluding hydrogens is 204 g/mol. The van der Waals surface area contributed by atoms with Gasteiger partial charge in [-0.3, -0.25) is 4.68 Å². The summed E-state index contributed by atoms with van der Waals surface area (Å²) in [7, 11) is 0. The topological polar surface area (TPSA) is 51.2 Å². The number of hydrogen-bond donors (Lipinski definition) is 1. The molecule has 2 heterocycles. The van der Waals surface area contributed by atoms with E-state index in [-0.39, 0.29) is 0 Å². The third-order valence-electron chi connectivity index (χ3n) is 2.73. The van der Waals surface area contributed by atoms with Gasteiger partial charge in [0.2, 0.25) is 0 Å². The molecule has 2 rings (SSSR count). The van der Waals surface area contributed by atoms with Crippen molar-refractivity contribution in [3.63, 3.8) is 0 Å². The molecule has 0 aliphatic rings. The van der Waals surface area contributed by atoms with Crippen molar-refractivity contribution < 1.29 is 9.52 Å². The molecule has 0 aliphatic heterocycles. The summed E-state index contributed by atoms with van der Waals surface area (Å²) in [6.07, 6.45) is 7.70. The number of rotatable bonds is 4. The van der Waals surface area contributed by atoms with Crippen molar-refractivity contribution in [3.8, 4) is 0 Å². The van der Waals surface area contributed by atoms with Crippen LogP contribution in [-0.2, 0) is 12.1 Å². The number of hydrogen-bond acceptors (Lipinski definition) is 3. The van der Waals surface area contributed by atoms with Gasteiger partial charge in [0.1, 0.15) is 5.60 Å². The minimum atomic E-state index is -1.04. The van der Waals surface area contributed by atoms with Crippen molar-refractivity contribution in [3.05, 3.63) is 42.1 Å². The fourth-order valence-electron chi connectivity index (χ4n) is 1.67. The SMILES string of the molecule is CCCn1cc(C(C)(O)c2ccoc2)cn1. The van der Waals surface area contributed by atoms with Gasteiger partial charge in [0.25, 0.3) is 0 Å². The second kappa shape index (κ2) is 4.14. The second-order valence-electron chi connectivity index (χ2n) is 4.08. The molecule has 0 fully saturated rings. The number of nitrogens with zero attached hydrogens (tertiary/aromatic N) is 2. The van der Waals surface area contributed by atoms with Gasteiger partial charge in [-0.1, -0.05) is 6.92 Å². The third-order valence-corrected chi connectivity index (χ3v) is 2.73. The molecule has 1 N–H and O–H groups in total. The van der Waals surface area contributed by atoms with E-state index in [4.69, 9.17) is 4.42 Å². The Morgan fingerprint density at radius 1 is 1.50 bits per heavy atom. The van der Waals surface area contributed by atoms with Crippen molar-refractivity contribution in [2.24, 2.45) is 0 Å². The van der Waals surface area contributed by atoms with Gasteiger partial charge in [-0.15, -0.1) is 0 Å². The lowest BCUT2D eigenvalue weighted by molar-refractivity contribution is 0.101. The molecule has 0 aliphatic carbocycles. The van der Waals surface area contributed by atoms with Gasteiger partial charge in [0, 0.05) is 23.9 Å². The largest absolute Gasteiger partial charge is 0.472 e. The van der Waals surface area contributed by atoms with Gasteiger partial charge in [-0.05, 0) is 19.4 Å². The highest BCUT2D eigenvalue weighted by atomic mass is 16.3. The molecule has 86 valence electrons. The second-order valence-corrected chi connectivity index (χ2v) is 4.08. The Morgan fingerprint density at radius 3 is 2.94 bits per heavy atom. The monoisotopic (exact) mass is 220 g/mol. The fourth-order valence-corrected chi connectivity index (χ4v) is 1.67. The summed E-state index contributed by atoms with van der Waals surface area (Å²) in [4.78, 5) is 0. The van der Waals surface area contributed by atoms with Crippen LogP contribution in [-0.4, -0.2) is 14.9 Å². The molecule has 16 heavy (non-hydrogen) atoms. The van der Waals surface area contributed by atoms with E-state index in [9.17, 15) is 5.11 Å². The van der Waals surface area contributed by atoms with Crippen LogP contribution >= 0.6 is 0 Å². The van der Waals surface area contributed by atoms with Gasteiger partial charge in [0.15, 0.2) is 0 Å². The Kier molecular flexibility index (Phi) is 2.83. The first-order valence-corrected chi connectivity index (χ1v) is 5.42. The van der Waals surface area contributed by atoms with Crippen molar-refractivity contribution in [2.45, 2.75) is 32.4 Å².